The highest BCUT2D eigenvalue weighted by Crippen LogP contribution is 2.26. The molecule has 1 saturated heterocycles. The van der Waals surface area contributed by atoms with Gasteiger partial charge in [0.15, 0.2) is 3.95 Å². The molecule has 0 atom stereocenters. The SMILES string of the molecule is S=c1[nH]c(C2CCOCC2)cs1. The van der Waals surface area contributed by atoms with Crippen molar-refractivity contribution in [1.82, 2.24) is 4.98 Å². The number of rotatable bonds is 1. The summed E-state index contributed by atoms with van der Waals surface area (Å²) in [6.07, 6.45) is 2.25. The molecule has 2 nitrogen and oxygen atoms in total. The summed E-state index contributed by atoms with van der Waals surface area (Å²) in [4.78, 5) is 3.22. The third-order valence-corrected chi connectivity index (χ3v) is 3.28. The van der Waals surface area contributed by atoms with Crippen molar-refractivity contribution in [3.8, 4) is 0 Å². The lowest BCUT2D eigenvalue weighted by Crippen LogP contribution is -2.14. The van der Waals surface area contributed by atoms with Crippen LogP contribution >= 0.6 is 23.6 Å². The Morgan fingerprint density at radius 3 is 2.83 bits per heavy atom. The predicted molar refractivity (Wildman–Crippen MR) is 52.3 cm³/mol. The van der Waals surface area contributed by atoms with Gasteiger partial charge in [-0.15, -0.1) is 11.3 Å². The quantitative estimate of drug-likeness (QED) is 0.707. The summed E-state index contributed by atoms with van der Waals surface area (Å²) in [5.41, 5.74) is 1.30. The standard InChI is InChI=1S/C8H11NOS2/c11-8-9-7(5-12-8)6-1-3-10-4-2-6/h5-6H,1-4H2,(H,9,11). The Labute approximate surface area is 80.6 Å². The van der Waals surface area contributed by atoms with Crippen LogP contribution in [0.25, 0.3) is 0 Å². The van der Waals surface area contributed by atoms with Crippen LogP contribution in [0.5, 0.6) is 0 Å². The normalized spacial score (nSPS) is 19.7. The Bertz CT molecular complexity index is 298. The van der Waals surface area contributed by atoms with Gasteiger partial charge in [-0.3, -0.25) is 0 Å². The van der Waals surface area contributed by atoms with Crippen molar-refractivity contribution in [2.45, 2.75) is 18.8 Å². The van der Waals surface area contributed by atoms with E-state index in [0.29, 0.717) is 5.92 Å². The zero-order valence-electron chi connectivity index (χ0n) is 6.71. The molecule has 12 heavy (non-hydrogen) atoms. The minimum atomic E-state index is 0.645. The zero-order chi connectivity index (χ0) is 8.39. The molecule has 0 spiro atoms. The highest BCUT2D eigenvalue weighted by molar-refractivity contribution is 7.73. The molecule has 0 amide bonds. The van der Waals surface area contributed by atoms with E-state index in [1.54, 1.807) is 11.3 Å². The molecule has 1 aromatic heterocycles. The van der Waals surface area contributed by atoms with Crippen LogP contribution in [-0.4, -0.2) is 18.2 Å². The van der Waals surface area contributed by atoms with Gasteiger partial charge in [0.05, 0.1) is 0 Å². The van der Waals surface area contributed by atoms with Gasteiger partial charge in [0, 0.05) is 30.2 Å². The number of nitrogens with one attached hydrogen (secondary N) is 1. The first-order chi connectivity index (χ1) is 5.86. The molecule has 66 valence electrons. The monoisotopic (exact) mass is 201 g/mol. The van der Waals surface area contributed by atoms with E-state index < -0.39 is 0 Å². The lowest BCUT2D eigenvalue weighted by atomic mass is 9.98. The minimum Gasteiger partial charge on any atom is -0.381 e. The lowest BCUT2D eigenvalue weighted by Gasteiger charge is -2.20. The van der Waals surface area contributed by atoms with Gasteiger partial charge in [0.2, 0.25) is 0 Å². The molecular formula is C8H11NOS2. The van der Waals surface area contributed by atoms with Crippen molar-refractivity contribution in [3.63, 3.8) is 0 Å². The molecule has 4 heteroatoms. The van der Waals surface area contributed by atoms with Crippen molar-refractivity contribution < 1.29 is 4.74 Å². The second-order valence-corrected chi connectivity index (χ2v) is 4.54. The van der Waals surface area contributed by atoms with Crippen LogP contribution in [0.4, 0.5) is 0 Å². The largest absolute Gasteiger partial charge is 0.381 e. The van der Waals surface area contributed by atoms with Gasteiger partial charge in [-0.05, 0) is 25.1 Å². The zero-order valence-corrected chi connectivity index (χ0v) is 8.34. The minimum absolute atomic E-state index is 0.645. The lowest BCUT2D eigenvalue weighted by molar-refractivity contribution is 0.0846. The van der Waals surface area contributed by atoms with Gasteiger partial charge >= 0.3 is 0 Å². The molecule has 0 saturated carbocycles. The first-order valence-corrected chi connectivity index (χ1v) is 5.40. The molecule has 1 N–H and O–H groups in total. The summed E-state index contributed by atoms with van der Waals surface area (Å²) in [6, 6.07) is 0. The van der Waals surface area contributed by atoms with Crippen LogP contribution in [0.1, 0.15) is 24.5 Å². The maximum atomic E-state index is 5.29. The third kappa shape index (κ3) is 1.76. The van der Waals surface area contributed by atoms with Crippen molar-refractivity contribution in [1.29, 1.82) is 0 Å². The number of ether oxygens (including phenoxy) is 1. The highest BCUT2D eigenvalue weighted by Gasteiger charge is 2.16. The van der Waals surface area contributed by atoms with E-state index in [0.717, 1.165) is 30.0 Å². The molecule has 0 radical (unpaired) electrons. The second kappa shape index (κ2) is 3.68. The maximum Gasteiger partial charge on any atom is 0.158 e. The molecule has 0 bridgehead atoms. The molecular weight excluding hydrogens is 190 g/mol. The molecule has 2 heterocycles. The van der Waals surface area contributed by atoms with Crippen molar-refractivity contribution >= 4 is 23.6 Å². The second-order valence-electron chi connectivity index (χ2n) is 2.99. The molecule has 1 aromatic rings. The summed E-state index contributed by atoms with van der Waals surface area (Å²) in [5.74, 6) is 0.645. The molecule has 0 aromatic carbocycles. The first kappa shape index (κ1) is 8.41. The summed E-state index contributed by atoms with van der Waals surface area (Å²) in [6.45, 7) is 1.78. The van der Waals surface area contributed by atoms with Gasteiger partial charge < -0.3 is 9.72 Å². The van der Waals surface area contributed by atoms with E-state index in [9.17, 15) is 0 Å². The van der Waals surface area contributed by atoms with E-state index in [1.165, 1.54) is 5.69 Å². The number of thiazole rings is 1. The fourth-order valence-corrected chi connectivity index (χ4v) is 2.43. The van der Waals surface area contributed by atoms with E-state index >= 15 is 0 Å². The highest BCUT2D eigenvalue weighted by atomic mass is 32.1. The van der Waals surface area contributed by atoms with Crippen LogP contribution in [0.15, 0.2) is 5.38 Å². The molecule has 2 rings (SSSR count). The topological polar surface area (TPSA) is 25.0 Å². The molecule has 1 aliphatic rings. The Hall–Kier alpha value is -0.190. The predicted octanol–water partition coefficient (Wildman–Crippen LogP) is 2.70. The molecule has 1 fully saturated rings. The Morgan fingerprint density at radius 1 is 1.50 bits per heavy atom. The average Bonchev–Trinajstić information content (AvgIpc) is 2.54. The van der Waals surface area contributed by atoms with Crippen molar-refractivity contribution in [2.24, 2.45) is 0 Å². The Kier molecular flexibility index (Phi) is 2.58. The fraction of sp³-hybridized carbons (Fsp3) is 0.625. The molecule has 1 aliphatic heterocycles. The maximum absolute atomic E-state index is 5.29. The van der Waals surface area contributed by atoms with Gasteiger partial charge in [-0.1, -0.05) is 0 Å². The van der Waals surface area contributed by atoms with Crippen LogP contribution < -0.4 is 0 Å². The van der Waals surface area contributed by atoms with Gasteiger partial charge in [-0.25, -0.2) is 0 Å². The first-order valence-electron chi connectivity index (χ1n) is 4.12. The van der Waals surface area contributed by atoms with E-state index in [1.807, 2.05) is 0 Å². The van der Waals surface area contributed by atoms with Crippen LogP contribution in [0.3, 0.4) is 0 Å². The summed E-state index contributed by atoms with van der Waals surface area (Å²) < 4.78 is 6.18. The number of aromatic nitrogens is 1. The van der Waals surface area contributed by atoms with Crippen LogP contribution in [0.2, 0.25) is 0 Å². The number of hydrogen-bond donors (Lipinski definition) is 1. The van der Waals surface area contributed by atoms with Gasteiger partial charge in [-0.2, -0.15) is 0 Å². The van der Waals surface area contributed by atoms with Crippen LogP contribution in [-0.2, 0) is 4.74 Å². The summed E-state index contributed by atoms with van der Waals surface area (Å²) in [7, 11) is 0. The smallest absolute Gasteiger partial charge is 0.158 e. The molecule has 0 aliphatic carbocycles. The number of aromatic amines is 1. The average molecular weight is 201 g/mol. The van der Waals surface area contributed by atoms with Gasteiger partial charge in [0.25, 0.3) is 0 Å². The summed E-state index contributed by atoms with van der Waals surface area (Å²) in [5, 5.41) is 2.14. The van der Waals surface area contributed by atoms with Crippen molar-refractivity contribution in [3.05, 3.63) is 15.0 Å². The van der Waals surface area contributed by atoms with E-state index in [4.69, 9.17) is 17.0 Å². The fourth-order valence-electron chi connectivity index (χ4n) is 1.50. The third-order valence-electron chi connectivity index (χ3n) is 2.20. The molecule has 0 unspecified atom stereocenters. The Morgan fingerprint density at radius 2 is 2.25 bits per heavy atom. The van der Waals surface area contributed by atoms with E-state index in [-0.39, 0.29) is 0 Å². The number of H-pyrrole nitrogens is 1. The van der Waals surface area contributed by atoms with E-state index in [2.05, 4.69) is 10.4 Å². The summed E-state index contributed by atoms with van der Waals surface area (Å²) >= 11 is 6.65. The Balaban J connectivity index is 2.13. The van der Waals surface area contributed by atoms with Gasteiger partial charge in [0.1, 0.15) is 0 Å². The number of hydrogen-bond acceptors (Lipinski definition) is 3. The van der Waals surface area contributed by atoms with Crippen LogP contribution in [0, 0.1) is 3.95 Å². The van der Waals surface area contributed by atoms with Crippen molar-refractivity contribution in [2.75, 3.05) is 13.2 Å².